The van der Waals surface area contributed by atoms with Crippen LogP contribution in [0.4, 0.5) is 0 Å². The highest BCUT2D eigenvalue weighted by molar-refractivity contribution is 6.32. The number of hydrogen-bond donors (Lipinski definition) is 1. The summed E-state index contributed by atoms with van der Waals surface area (Å²) in [7, 11) is 0. The normalized spacial score (nSPS) is 11.1. The fourth-order valence-corrected chi connectivity index (χ4v) is 2.32. The lowest BCUT2D eigenvalue weighted by atomic mass is 10.1. The van der Waals surface area contributed by atoms with Gasteiger partial charge in [0.05, 0.1) is 11.0 Å². The number of fused-ring (bicyclic) bond motifs is 1. The van der Waals surface area contributed by atoms with Crippen LogP contribution in [0.15, 0.2) is 36.4 Å². The Morgan fingerprint density at radius 2 is 1.94 bits per heavy atom. The van der Waals surface area contributed by atoms with Crippen LogP contribution in [-0.2, 0) is 0 Å². The van der Waals surface area contributed by atoms with Crippen LogP contribution in [-0.4, -0.2) is 9.97 Å². The van der Waals surface area contributed by atoms with Crippen LogP contribution in [0.25, 0.3) is 22.4 Å². The summed E-state index contributed by atoms with van der Waals surface area (Å²) in [5.41, 5.74) is 3.85. The molecule has 3 aromatic rings. The van der Waals surface area contributed by atoms with E-state index in [1.165, 1.54) is 0 Å². The van der Waals surface area contributed by atoms with E-state index in [0.717, 1.165) is 33.0 Å². The fraction of sp³-hybridized carbons (Fsp3) is 0.0714. The van der Waals surface area contributed by atoms with Gasteiger partial charge in [-0.3, -0.25) is 0 Å². The van der Waals surface area contributed by atoms with Crippen molar-refractivity contribution in [2.75, 3.05) is 0 Å². The molecule has 0 bridgehead atoms. The molecule has 0 unspecified atom stereocenters. The zero-order chi connectivity index (χ0) is 12.7. The van der Waals surface area contributed by atoms with Crippen molar-refractivity contribution in [1.29, 1.82) is 0 Å². The molecule has 0 saturated carbocycles. The topological polar surface area (TPSA) is 28.7 Å². The molecular formula is C14H10Cl2N2. The Labute approximate surface area is 115 Å². The van der Waals surface area contributed by atoms with Crippen LogP contribution in [0.1, 0.15) is 5.56 Å². The van der Waals surface area contributed by atoms with Crippen LogP contribution in [0.3, 0.4) is 0 Å². The molecule has 0 aliphatic carbocycles. The Morgan fingerprint density at radius 1 is 1.11 bits per heavy atom. The molecule has 2 aromatic carbocycles. The molecule has 90 valence electrons. The predicted octanol–water partition coefficient (Wildman–Crippen LogP) is 4.85. The largest absolute Gasteiger partial charge is 0.338 e. The molecule has 0 amide bonds. The average Bonchev–Trinajstić information content (AvgIpc) is 2.75. The first-order valence-electron chi connectivity index (χ1n) is 5.56. The molecule has 0 aliphatic rings. The minimum Gasteiger partial charge on any atom is -0.338 e. The van der Waals surface area contributed by atoms with Crippen molar-refractivity contribution in [2.45, 2.75) is 6.92 Å². The lowest BCUT2D eigenvalue weighted by Crippen LogP contribution is -1.85. The lowest BCUT2D eigenvalue weighted by Gasteiger charge is -2.03. The zero-order valence-electron chi connectivity index (χ0n) is 9.67. The highest BCUT2D eigenvalue weighted by Gasteiger charge is 2.09. The van der Waals surface area contributed by atoms with Gasteiger partial charge in [0.25, 0.3) is 0 Å². The molecule has 18 heavy (non-hydrogen) atoms. The molecule has 1 aromatic heterocycles. The van der Waals surface area contributed by atoms with E-state index in [1.807, 2.05) is 43.3 Å². The number of halogens is 2. The second-order valence-electron chi connectivity index (χ2n) is 4.16. The summed E-state index contributed by atoms with van der Waals surface area (Å²) in [5.74, 6) is 0.812. The maximum absolute atomic E-state index is 6.12. The maximum Gasteiger partial charge on any atom is 0.138 e. The highest BCUT2D eigenvalue weighted by atomic mass is 35.5. The standard InChI is InChI=1S/C14H10Cl2N2/c1-8-10(3-2-4-11(8)16)14-17-12-6-5-9(15)7-13(12)18-14/h2-7H,1H3,(H,17,18). The lowest BCUT2D eigenvalue weighted by molar-refractivity contribution is 1.31. The molecule has 2 nitrogen and oxygen atoms in total. The first-order valence-corrected chi connectivity index (χ1v) is 6.31. The summed E-state index contributed by atoms with van der Waals surface area (Å²) in [6.45, 7) is 1.98. The molecule has 1 heterocycles. The Hall–Kier alpha value is -1.51. The van der Waals surface area contributed by atoms with E-state index in [1.54, 1.807) is 0 Å². The Balaban J connectivity index is 2.22. The van der Waals surface area contributed by atoms with Gasteiger partial charge in [-0.2, -0.15) is 0 Å². The molecule has 1 N–H and O–H groups in total. The van der Waals surface area contributed by atoms with Crippen molar-refractivity contribution in [1.82, 2.24) is 9.97 Å². The van der Waals surface area contributed by atoms with E-state index in [2.05, 4.69) is 9.97 Å². The number of nitrogens with zero attached hydrogens (tertiary/aromatic N) is 1. The van der Waals surface area contributed by atoms with Gasteiger partial charge in [-0.25, -0.2) is 4.98 Å². The smallest absolute Gasteiger partial charge is 0.138 e. The van der Waals surface area contributed by atoms with E-state index in [-0.39, 0.29) is 0 Å². The van der Waals surface area contributed by atoms with Crippen LogP contribution in [0.5, 0.6) is 0 Å². The zero-order valence-corrected chi connectivity index (χ0v) is 11.2. The SMILES string of the molecule is Cc1c(Cl)cccc1-c1nc2ccc(Cl)cc2[nH]1. The van der Waals surface area contributed by atoms with Gasteiger partial charge in [-0.05, 0) is 36.8 Å². The monoisotopic (exact) mass is 276 g/mol. The van der Waals surface area contributed by atoms with Gasteiger partial charge >= 0.3 is 0 Å². The minimum absolute atomic E-state index is 0.695. The molecule has 0 spiro atoms. The number of benzene rings is 2. The first-order chi connectivity index (χ1) is 8.65. The van der Waals surface area contributed by atoms with Gasteiger partial charge in [-0.1, -0.05) is 35.3 Å². The van der Waals surface area contributed by atoms with Gasteiger partial charge in [0.15, 0.2) is 0 Å². The molecule has 0 fully saturated rings. The predicted molar refractivity (Wildman–Crippen MR) is 76.3 cm³/mol. The summed E-state index contributed by atoms with van der Waals surface area (Å²) < 4.78 is 0. The van der Waals surface area contributed by atoms with Gasteiger partial charge < -0.3 is 4.98 Å². The quantitative estimate of drug-likeness (QED) is 0.677. The third-order valence-electron chi connectivity index (χ3n) is 2.97. The van der Waals surface area contributed by atoms with Gasteiger partial charge in [0, 0.05) is 15.6 Å². The molecule has 0 aliphatic heterocycles. The molecule has 0 atom stereocenters. The molecule has 4 heteroatoms. The highest BCUT2D eigenvalue weighted by Crippen LogP contribution is 2.28. The fourth-order valence-electron chi connectivity index (χ4n) is 1.97. The van der Waals surface area contributed by atoms with E-state index in [4.69, 9.17) is 23.2 Å². The van der Waals surface area contributed by atoms with Crippen LogP contribution < -0.4 is 0 Å². The van der Waals surface area contributed by atoms with Gasteiger partial charge in [-0.15, -0.1) is 0 Å². The third-order valence-corrected chi connectivity index (χ3v) is 3.61. The number of H-pyrrole nitrogens is 1. The third kappa shape index (κ3) is 1.88. The molecular weight excluding hydrogens is 267 g/mol. The number of imidazole rings is 1. The van der Waals surface area contributed by atoms with Crippen molar-refractivity contribution in [2.24, 2.45) is 0 Å². The number of rotatable bonds is 1. The van der Waals surface area contributed by atoms with E-state index < -0.39 is 0 Å². The van der Waals surface area contributed by atoms with Crippen molar-refractivity contribution in [3.05, 3.63) is 52.0 Å². The number of aromatic nitrogens is 2. The summed E-state index contributed by atoms with van der Waals surface area (Å²) >= 11 is 12.1. The number of aromatic amines is 1. The average molecular weight is 277 g/mol. The Bertz CT molecular complexity index is 732. The van der Waals surface area contributed by atoms with Crippen LogP contribution in [0, 0.1) is 6.92 Å². The van der Waals surface area contributed by atoms with Gasteiger partial charge in [0.1, 0.15) is 5.82 Å². The summed E-state index contributed by atoms with van der Waals surface area (Å²) in [6.07, 6.45) is 0. The second-order valence-corrected chi connectivity index (χ2v) is 5.00. The first kappa shape index (κ1) is 11.6. The van der Waals surface area contributed by atoms with Crippen molar-refractivity contribution < 1.29 is 0 Å². The second kappa shape index (κ2) is 4.30. The van der Waals surface area contributed by atoms with E-state index >= 15 is 0 Å². The van der Waals surface area contributed by atoms with E-state index in [0.29, 0.717) is 5.02 Å². The molecule has 3 rings (SSSR count). The Kier molecular flexibility index (Phi) is 2.77. The molecule has 0 radical (unpaired) electrons. The van der Waals surface area contributed by atoms with Gasteiger partial charge in [0.2, 0.25) is 0 Å². The van der Waals surface area contributed by atoms with Crippen LogP contribution >= 0.6 is 23.2 Å². The minimum atomic E-state index is 0.695. The molecule has 0 saturated heterocycles. The Morgan fingerprint density at radius 3 is 2.78 bits per heavy atom. The van der Waals surface area contributed by atoms with Crippen molar-refractivity contribution >= 4 is 34.2 Å². The summed E-state index contributed by atoms with van der Waals surface area (Å²) in [6, 6.07) is 11.4. The van der Waals surface area contributed by atoms with E-state index in [9.17, 15) is 0 Å². The van der Waals surface area contributed by atoms with Crippen LogP contribution in [0.2, 0.25) is 10.0 Å². The van der Waals surface area contributed by atoms with Crippen molar-refractivity contribution in [3.8, 4) is 11.4 Å². The maximum atomic E-state index is 6.12. The van der Waals surface area contributed by atoms with Crippen molar-refractivity contribution in [3.63, 3.8) is 0 Å². The number of hydrogen-bond acceptors (Lipinski definition) is 1. The summed E-state index contributed by atoms with van der Waals surface area (Å²) in [5, 5.41) is 1.44. The summed E-state index contributed by atoms with van der Waals surface area (Å²) in [4.78, 5) is 7.82. The number of nitrogens with one attached hydrogen (secondary N) is 1.